The lowest BCUT2D eigenvalue weighted by atomic mass is 10.1. The number of benzene rings is 1. The zero-order valence-corrected chi connectivity index (χ0v) is 15.7. The Morgan fingerprint density at radius 3 is 2.85 bits per heavy atom. The lowest BCUT2D eigenvalue weighted by Crippen LogP contribution is -2.29. The fraction of sp³-hybridized carbons (Fsp3) is 0.353. The molecule has 0 unspecified atom stereocenters. The molecule has 0 saturated carbocycles. The molecule has 1 aliphatic rings. The Morgan fingerprint density at radius 1 is 1.30 bits per heavy atom. The smallest absolute Gasteiger partial charge is 0.277 e. The number of hydrogen-bond acceptors (Lipinski definition) is 6. The molecule has 142 valence electrons. The highest BCUT2D eigenvalue weighted by molar-refractivity contribution is 6.02. The van der Waals surface area contributed by atoms with Crippen LogP contribution >= 0.6 is 12.4 Å². The Hall–Kier alpha value is -2.78. The van der Waals surface area contributed by atoms with Crippen LogP contribution in [0.4, 0.5) is 5.69 Å². The summed E-state index contributed by atoms with van der Waals surface area (Å²) in [4.78, 5) is 16.8. The maximum absolute atomic E-state index is 12.5. The van der Waals surface area contributed by atoms with E-state index in [2.05, 4.69) is 36.1 Å². The van der Waals surface area contributed by atoms with E-state index in [1.807, 2.05) is 31.2 Å². The van der Waals surface area contributed by atoms with Crippen molar-refractivity contribution in [2.75, 3.05) is 18.4 Å². The van der Waals surface area contributed by atoms with Crippen molar-refractivity contribution in [3.8, 4) is 11.4 Å². The molecule has 2 aromatic heterocycles. The number of amides is 1. The molecule has 1 aliphatic heterocycles. The van der Waals surface area contributed by atoms with Crippen LogP contribution in [0.15, 0.2) is 30.5 Å². The summed E-state index contributed by atoms with van der Waals surface area (Å²) < 4.78 is 1.79. The summed E-state index contributed by atoms with van der Waals surface area (Å²) in [5.74, 6) is 1.05. The van der Waals surface area contributed by atoms with Crippen molar-refractivity contribution in [1.82, 2.24) is 35.5 Å². The number of carbonyl (C=O) groups excluding carboxylic acids is 1. The molecule has 9 nitrogen and oxygen atoms in total. The molecule has 0 spiro atoms. The number of piperidine rings is 1. The quantitative estimate of drug-likeness (QED) is 0.629. The Balaban J connectivity index is 0.00000210. The summed E-state index contributed by atoms with van der Waals surface area (Å²) in [6.07, 6.45) is 3.69. The fourth-order valence-electron chi connectivity index (χ4n) is 3.03. The molecule has 3 N–H and O–H groups in total. The normalized spacial score (nSPS) is 14.6. The van der Waals surface area contributed by atoms with Gasteiger partial charge in [-0.25, -0.2) is 9.67 Å². The number of carbonyl (C=O) groups is 1. The zero-order valence-electron chi connectivity index (χ0n) is 14.8. The minimum absolute atomic E-state index is 0. The summed E-state index contributed by atoms with van der Waals surface area (Å²) in [5, 5.41) is 21.3. The molecule has 1 aromatic carbocycles. The van der Waals surface area contributed by atoms with E-state index in [-0.39, 0.29) is 18.3 Å². The lowest BCUT2D eigenvalue weighted by Gasteiger charge is -2.22. The highest BCUT2D eigenvalue weighted by Crippen LogP contribution is 2.20. The number of nitrogens with one attached hydrogen (secondary N) is 3. The molecule has 1 saturated heterocycles. The standard InChI is InChI=1S/C17H20N8O.ClH/c1-11-19-16(23-21-11)12-3-2-4-13(9-12)20-17(26)15-10-25(24-22-15)14-5-7-18-8-6-14;/h2-4,9-10,14,18H,5-8H2,1H3,(H,20,26)(H,19,21,23);1H. The van der Waals surface area contributed by atoms with Gasteiger partial charge in [0.2, 0.25) is 0 Å². The van der Waals surface area contributed by atoms with E-state index in [9.17, 15) is 4.79 Å². The van der Waals surface area contributed by atoms with E-state index in [1.54, 1.807) is 10.9 Å². The maximum Gasteiger partial charge on any atom is 0.277 e. The van der Waals surface area contributed by atoms with Gasteiger partial charge in [-0.3, -0.25) is 9.89 Å². The average Bonchev–Trinajstić information content (AvgIpc) is 3.32. The van der Waals surface area contributed by atoms with Crippen LogP contribution in [-0.2, 0) is 0 Å². The molecule has 1 fully saturated rings. The number of halogens is 1. The summed E-state index contributed by atoms with van der Waals surface area (Å²) in [6, 6.07) is 7.69. The SMILES string of the molecule is Cc1nc(-c2cccc(NC(=O)c3cn(C4CCNCC4)nn3)c2)n[nH]1.Cl. The first-order chi connectivity index (χ1) is 12.7. The number of rotatable bonds is 4. The van der Waals surface area contributed by atoms with E-state index in [0.717, 1.165) is 37.3 Å². The van der Waals surface area contributed by atoms with E-state index in [1.165, 1.54) is 0 Å². The van der Waals surface area contributed by atoms with Gasteiger partial charge in [-0.1, -0.05) is 17.3 Å². The van der Waals surface area contributed by atoms with Crippen LogP contribution in [0.2, 0.25) is 0 Å². The van der Waals surface area contributed by atoms with Gasteiger partial charge in [-0.05, 0) is 45.0 Å². The third-order valence-corrected chi connectivity index (χ3v) is 4.40. The van der Waals surface area contributed by atoms with E-state index in [0.29, 0.717) is 23.2 Å². The van der Waals surface area contributed by atoms with Crippen LogP contribution < -0.4 is 10.6 Å². The highest BCUT2D eigenvalue weighted by Gasteiger charge is 2.19. The van der Waals surface area contributed by atoms with Crippen LogP contribution in [0, 0.1) is 6.92 Å². The molecular formula is C17H21ClN8O. The molecule has 27 heavy (non-hydrogen) atoms. The van der Waals surface area contributed by atoms with Gasteiger partial charge in [0.15, 0.2) is 11.5 Å². The van der Waals surface area contributed by atoms with Gasteiger partial charge < -0.3 is 10.6 Å². The Morgan fingerprint density at radius 2 is 2.11 bits per heavy atom. The Kier molecular flexibility index (Phi) is 5.82. The van der Waals surface area contributed by atoms with Crippen LogP contribution in [-0.4, -0.2) is 49.2 Å². The summed E-state index contributed by atoms with van der Waals surface area (Å²) in [5.41, 5.74) is 1.79. The van der Waals surface area contributed by atoms with Crippen LogP contribution in [0.25, 0.3) is 11.4 Å². The number of nitrogens with zero attached hydrogens (tertiary/aromatic N) is 5. The summed E-state index contributed by atoms with van der Waals surface area (Å²) >= 11 is 0. The molecule has 0 radical (unpaired) electrons. The molecule has 0 atom stereocenters. The third-order valence-electron chi connectivity index (χ3n) is 4.40. The Bertz CT molecular complexity index is 915. The maximum atomic E-state index is 12.5. The van der Waals surface area contributed by atoms with Crippen molar-refractivity contribution in [3.05, 3.63) is 42.0 Å². The number of H-pyrrole nitrogens is 1. The van der Waals surface area contributed by atoms with Gasteiger partial charge in [-0.15, -0.1) is 17.5 Å². The first-order valence-corrected chi connectivity index (χ1v) is 8.62. The number of anilines is 1. The lowest BCUT2D eigenvalue weighted by molar-refractivity contribution is 0.102. The van der Waals surface area contributed by atoms with Crippen LogP contribution in [0.3, 0.4) is 0 Å². The van der Waals surface area contributed by atoms with Crippen molar-refractivity contribution < 1.29 is 4.79 Å². The fourth-order valence-corrected chi connectivity index (χ4v) is 3.03. The molecule has 10 heteroatoms. The predicted molar refractivity (Wildman–Crippen MR) is 103 cm³/mol. The monoisotopic (exact) mass is 388 g/mol. The number of aromatic nitrogens is 6. The predicted octanol–water partition coefficient (Wildman–Crippen LogP) is 1.97. The van der Waals surface area contributed by atoms with Crippen molar-refractivity contribution in [1.29, 1.82) is 0 Å². The minimum atomic E-state index is -0.284. The highest BCUT2D eigenvalue weighted by atomic mass is 35.5. The van der Waals surface area contributed by atoms with Crippen molar-refractivity contribution in [2.45, 2.75) is 25.8 Å². The second kappa shape index (κ2) is 8.28. The second-order valence-corrected chi connectivity index (χ2v) is 6.34. The molecule has 4 rings (SSSR count). The van der Waals surface area contributed by atoms with Crippen molar-refractivity contribution >= 4 is 24.0 Å². The average molecular weight is 389 g/mol. The summed E-state index contributed by atoms with van der Waals surface area (Å²) in [7, 11) is 0. The zero-order chi connectivity index (χ0) is 17.9. The third kappa shape index (κ3) is 4.32. The van der Waals surface area contributed by atoms with Crippen LogP contribution in [0.5, 0.6) is 0 Å². The largest absolute Gasteiger partial charge is 0.321 e. The topological polar surface area (TPSA) is 113 Å². The molecule has 1 amide bonds. The van der Waals surface area contributed by atoms with Crippen LogP contribution in [0.1, 0.15) is 35.2 Å². The van der Waals surface area contributed by atoms with Gasteiger partial charge in [-0.2, -0.15) is 5.10 Å². The van der Waals surface area contributed by atoms with E-state index in [4.69, 9.17) is 0 Å². The van der Waals surface area contributed by atoms with Gasteiger partial charge in [0.1, 0.15) is 5.82 Å². The molecular weight excluding hydrogens is 368 g/mol. The number of aromatic amines is 1. The summed E-state index contributed by atoms with van der Waals surface area (Å²) in [6.45, 7) is 3.76. The molecule has 3 heterocycles. The molecule has 3 aromatic rings. The first kappa shape index (κ1) is 19.0. The Labute approximate surface area is 162 Å². The van der Waals surface area contributed by atoms with Crippen molar-refractivity contribution in [3.63, 3.8) is 0 Å². The van der Waals surface area contributed by atoms with E-state index < -0.39 is 0 Å². The van der Waals surface area contributed by atoms with Gasteiger partial charge >= 0.3 is 0 Å². The molecule has 0 bridgehead atoms. The molecule has 0 aliphatic carbocycles. The van der Waals surface area contributed by atoms with Gasteiger partial charge in [0, 0.05) is 11.3 Å². The van der Waals surface area contributed by atoms with Crippen molar-refractivity contribution in [2.24, 2.45) is 0 Å². The van der Waals surface area contributed by atoms with Gasteiger partial charge in [0.05, 0.1) is 12.2 Å². The number of hydrogen-bond donors (Lipinski definition) is 3. The first-order valence-electron chi connectivity index (χ1n) is 8.62. The minimum Gasteiger partial charge on any atom is -0.321 e. The van der Waals surface area contributed by atoms with E-state index >= 15 is 0 Å². The number of aryl methyl sites for hydroxylation is 1. The van der Waals surface area contributed by atoms with Gasteiger partial charge in [0.25, 0.3) is 5.91 Å². The second-order valence-electron chi connectivity index (χ2n) is 6.34.